The number of aryl methyl sites for hydroxylation is 2. The molecule has 1 atom stereocenters. The van der Waals surface area contributed by atoms with E-state index < -0.39 is 6.04 Å². The fourth-order valence-electron chi connectivity index (χ4n) is 4.62. The van der Waals surface area contributed by atoms with E-state index in [4.69, 9.17) is 9.47 Å². The molecule has 2 aromatic carbocycles. The van der Waals surface area contributed by atoms with Gasteiger partial charge in [0.15, 0.2) is 11.5 Å². The number of benzene rings is 2. The zero-order chi connectivity index (χ0) is 24.5. The number of carbonyl (C=O) groups excluding carboxylic acids is 1. The largest absolute Gasteiger partial charge is 0.493 e. The van der Waals surface area contributed by atoms with Crippen molar-refractivity contribution in [1.29, 1.82) is 0 Å². The minimum atomic E-state index is -0.760. The lowest BCUT2D eigenvalue weighted by Gasteiger charge is -2.17. The molecule has 0 bridgehead atoms. The summed E-state index contributed by atoms with van der Waals surface area (Å²) in [6.07, 6.45) is 6.06. The molecule has 0 spiro atoms. The summed E-state index contributed by atoms with van der Waals surface area (Å²) >= 11 is 1.45. The van der Waals surface area contributed by atoms with Gasteiger partial charge < -0.3 is 14.8 Å². The summed E-state index contributed by atoms with van der Waals surface area (Å²) in [5.74, 6) is 0.744. The second kappa shape index (κ2) is 9.54. The van der Waals surface area contributed by atoms with Gasteiger partial charge in [0.05, 0.1) is 25.9 Å². The van der Waals surface area contributed by atoms with Crippen molar-refractivity contribution in [3.8, 4) is 22.6 Å². The number of methoxy groups -OCH3 is 2. The van der Waals surface area contributed by atoms with Crippen LogP contribution < -0.4 is 20.3 Å². The third-order valence-corrected chi connectivity index (χ3v) is 7.51. The number of fused-ring (bicyclic) bond motifs is 2. The van der Waals surface area contributed by atoms with Crippen LogP contribution in [0.4, 0.5) is 5.69 Å². The highest BCUT2D eigenvalue weighted by atomic mass is 32.1. The Morgan fingerprint density at radius 2 is 1.83 bits per heavy atom. The van der Waals surface area contributed by atoms with E-state index in [-0.39, 0.29) is 11.5 Å². The van der Waals surface area contributed by atoms with Crippen LogP contribution in [0.5, 0.6) is 11.5 Å². The van der Waals surface area contributed by atoms with Gasteiger partial charge in [-0.15, -0.1) is 11.3 Å². The Bertz CT molecular complexity index is 1470. The van der Waals surface area contributed by atoms with Crippen molar-refractivity contribution in [2.45, 2.75) is 38.6 Å². The third kappa shape index (κ3) is 4.30. The molecule has 0 saturated heterocycles. The van der Waals surface area contributed by atoms with Crippen LogP contribution in [0, 0.1) is 0 Å². The summed E-state index contributed by atoms with van der Waals surface area (Å²) in [4.78, 5) is 31.8. The zero-order valence-corrected chi connectivity index (χ0v) is 20.8. The molecule has 8 heteroatoms. The normalized spacial score (nSPS) is 13.8. The van der Waals surface area contributed by atoms with Crippen LogP contribution >= 0.6 is 11.3 Å². The molecule has 4 aromatic rings. The highest BCUT2D eigenvalue weighted by Crippen LogP contribution is 2.34. The van der Waals surface area contributed by atoms with Crippen molar-refractivity contribution in [2.75, 3.05) is 19.5 Å². The van der Waals surface area contributed by atoms with Crippen molar-refractivity contribution in [3.05, 3.63) is 69.6 Å². The van der Waals surface area contributed by atoms with Gasteiger partial charge in [-0.25, -0.2) is 4.98 Å². The minimum absolute atomic E-state index is 0.223. The Morgan fingerprint density at radius 1 is 1.06 bits per heavy atom. The van der Waals surface area contributed by atoms with Crippen LogP contribution in [-0.4, -0.2) is 29.7 Å². The van der Waals surface area contributed by atoms with Crippen molar-refractivity contribution < 1.29 is 14.3 Å². The number of ether oxygens (including phenoxy) is 2. The van der Waals surface area contributed by atoms with E-state index in [0.29, 0.717) is 27.4 Å². The molecule has 1 amide bonds. The van der Waals surface area contributed by atoms with E-state index >= 15 is 0 Å². The Morgan fingerprint density at radius 3 is 2.60 bits per heavy atom. The SMILES string of the molecule is COc1ccc(NC(=O)C(C)n2cnc3scc(-c4ccc5c(c4)CCCC5)c3c2=O)cc1OC. The molecule has 180 valence electrons. The minimum Gasteiger partial charge on any atom is -0.493 e. The number of hydrogen-bond donors (Lipinski definition) is 1. The Balaban J connectivity index is 1.47. The fraction of sp³-hybridized carbons (Fsp3) is 0.296. The number of nitrogens with one attached hydrogen (secondary N) is 1. The summed E-state index contributed by atoms with van der Waals surface area (Å²) in [6.45, 7) is 1.69. The van der Waals surface area contributed by atoms with Gasteiger partial charge in [-0.3, -0.25) is 14.2 Å². The highest BCUT2D eigenvalue weighted by Gasteiger charge is 2.21. The fourth-order valence-corrected chi connectivity index (χ4v) is 5.53. The first-order valence-electron chi connectivity index (χ1n) is 11.6. The van der Waals surface area contributed by atoms with Gasteiger partial charge in [0.2, 0.25) is 5.91 Å². The number of thiophene rings is 1. The molecule has 5 rings (SSSR count). The number of nitrogens with zero attached hydrogens (tertiary/aromatic N) is 2. The standard InChI is InChI=1S/C27H27N3O4S/c1-16(25(31)29-20-10-11-22(33-2)23(13-20)34-3)30-15-28-26-24(27(30)32)21(14-35-26)19-9-8-17-6-4-5-7-18(17)12-19/h8-16H,4-7H2,1-3H3,(H,29,31). The molecule has 0 fully saturated rings. The number of hydrogen-bond acceptors (Lipinski definition) is 6. The maximum absolute atomic E-state index is 13.6. The lowest BCUT2D eigenvalue weighted by Crippen LogP contribution is -2.31. The van der Waals surface area contributed by atoms with Crippen LogP contribution in [0.25, 0.3) is 21.3 Å². The zero-order valence-electron chi connectivity index (χ0n) is 20.0. The molecule has 0 saturated carbocycles. The second-order valence-corrected chi connectivity index (χ2v) is 9.57. The van der Waals surface area contributed by atoms with E-state index in [1.165, 1.54) is 53.3 Å². The molecule has 7 nitrogen and oxygen atoms in total. The first-order valence-corrected chi connectivity index (χ1v) is 12.5. The average Bonchev–Trinajstić information content (AvgIpc) is 3.33. The van der Waals surface area contributed by atoms with Crippen LogP contribution in [0.15, 0.2) is 52.9 Å². The lowest BCUT2D eigenvalue weighted by molar-refractivity contribution is -0.118. The molecule has 1 aliphatic carbocycles. The average molecular weight is 490 g/mol. The van der Waals surface area contributed by atoms with E-state index in [2.05, 4.69) is 28.5 Å². The Labute approximate surface area is 207 Å². The van der Waals surface area contributed by atoms with Gasteiger partial charge in [0.25, 0.3) is 5.56 Å². The summed E-state index contributed by atoms with van der Waals surface area (Å²) in [7, 11) is 3.09. The van der Waals surface area contributed by atoms with Gasteiger partial charge in [0.1, 0.15) is 10.9 Å². The van der Waals surface area contributed by atoms with E-state index in [1.807, 2.05) is 5.38 Å². The van der Waals surface area contributed by atoms with Crippen molar-refractivity contribution in [2.24, 2.45) is 0 Å². The second-order valence-electron chi connectivity index (χ2n) is 8.71. The van der Waals surface area contributed by atoms with Crippen LogP contribution in [-0.2, 0) is 17.6 Å². The molecular weight excluding hydrogens is 462 g/mol. The topological polar surface area (TPSA) is 82.5 Å². The number of carbonyl (C=O) groups is 1. The third-order valence-electron chi connectivity index (χ3n) is 6.63. The first kappa shape index (κ1) is 23.1. The predicted molar refractivity (Wildman–Crippen MR) is 139 cm³/mol. The molecule has 2 aromatic heterocycles. The van der Waals surface area contributed by atoms with E-state index in [9.17, 15) is 9.59 Å². The van der Waals surface area contributed by atoms with Gasteiger partial charge in [-0.1, -0.05) is 18.2 Å². The predicted octanol–water partition coefficient (Wildman–Crippen LogP) is 5.22. The highest BCUT2D eigenvalue weighted by molar-refractivity contribution is 7.17. The van der Waals surface area contributed by atoms with Gasteiger partial charge in [-0.2, -0.15) is 0 Å². The maximum atomic E-state index is 13.6. The summed E-state index contributed by atoms with van der Waals surface area (Å²) < 4.78 is 12.0. The smallest absolute Gasteiger partial charge is 0.263 e. The molecule has 1 aliphatic rings. The van der Waals surface area contributed by atoms with Crippen molar-refractivity contribution >= 4 is 33.1 Å². The van der Waals surface area contributed by atoms with Crippen molar-refractivity contribution in [3.63, 3.8) is 0 Å². The molecule has 2 heterocycles. The number of rotatable bonds is 6. The van der Waals surface area contributed by atoms with Gasteiger partial charge >= 0.3 is 0 Å². The molecule has 1 unspecified atom stereocenters. The quantitative estimate of drug-likeness (QED) is 0.402. The molecule has 35 heavy (non-hydrogen) atoms. The maximum Gasteiger partial charge on any atom is 0.263 e. The molecule has 1 N–H and O–H groups in total. The first-order chi connectivity index (χ1) is 17.0. The molecule has 0 radical (unpaired) electrons. The number of anilines is 1. The van der Waals surface area contributed by atoms with Crippen LogP contribution in [0.2, 0.25) is 0 Å². The molecule has 0 aliphatic heterocycles. The van der Waals surface area contributed by atoms with E-state index in [1.54, 1.807) is 32.2 Å². The number of aromatic nitrogens is 2. The Hall–Kier alpha value is -3.65. The summed E-state index contributed by atoms with van der Waals surface area (Å²) in [5.41, 5.74) is 4.98. The summed E-state index contributed by atoms with van der Waals surface area (Å²) in [6, 6.07) is 10.8. The summed E-state index contributed by atoms with van der Waals surface area (Å²) in [5, 5.41) is 5.40. The Kier molecular flexibility index (Phi) is 6.30. The lowest BCUT2D eigenvalue weighted by atomic mass is 9.89. The molecular formula is C27H27N3O4S. The van der Waals surface area contributed by atoms with E-state index in [0.717, 1.165) is 24.0 Å². The number of amides is 1. The van der Waals surface area contributed by atoms with Crippen molar-refractivity contribution in [1.82, 2.24) is 9.55 Å². The van der Waals surface area contributed by atoms with Gasteiger partial charge in [-0.05, 0) is 61.4 Å². The van der Waals surface area contributed by atoms with Crippen LogP contribution in [0.1, 0.15) is 36.9 Å². The monoisotopic (exact) mass is 489 g/mol. The van der Waals surface area contributed by atoms with Gasteiger partial charge in [0, 0.05) is 22.7 Å². The van der Waals surface area contributed by atoms with Crippen LogP contribution in [0.3, 0.4) is 0 Å².